The van der Waals surface area contributed by atoms with Gasteiger partial charge in [0.05, 0.1) is 0 Å². The van der Waals surface area contributed by atoms with Crippen molar-refractivity contribution >= 4 is 23.2 Å². The summed E-state index contributed by atoms with van der Waals surface area (Å²) in [7, 11) is 2.09. The van der Waals surface area contributed by atoms with Crippen LogP contribution in [0.4, 0.5) is 10.1 Å². The molecule has 0 heterocycles. The van der Waals surface area contributed by atoms with Crippen LogP contribution in [0.25, 0.3) is 0 Å². The molecule has 2 aromatic carbocycles. The van der Waals surface area contributed by atoms with Crippen LogP contribution in [-0.4, -0.2) is 42.4 Å². The molecule has 2 aromatic rings. The largest absolute Gasteiger partial charge is 0.374 e. The van der Waals surface area contributed by atoms with E-state index in [1.807, 2.05) is 6.92 Å². The molecule has 0 bridgehead atoms. The molecule has 0 radical (unpaired) electrons. The molecule has 1 N–H and O–H groups in total. The Kier molecular flexibility index (Phi) is 9.08. The number of amides is 1. The van der Waals surface area contributed by atoms with Gasteiger partial charge in [-0.05, 0) is 106 Å². The molecule has 0 unspecified atom stereocenters. The minimum Gasteiger partial charge on any atom is -0.374 e. The molecule has 0 spiro atoms. The molecule has 1 amide bonds. The van der Waals surface area contributed by atoms with Crippen molar-refractivity contribution in [1.82, 2.24) is 9.80 Å². The highest BCUT2D eigenvalue weighted by Gasteiger charge is 2.28. The lowest BCUT2D eigenvalue weighted by atomic mass is 9.85. The Labute approximate surface area is 220 Å². The monoisotopic (exact) mass is 511 g/mol. The summed E-state index contributed by atoms with van der Waals surface area (Å²) in [5.41, 5.74) is 6.10. The third-order valence-corrected chi connectivity index (χ3v) is 8.06. The number of hydrogen-bond acceptors (Lipinski definition) is 3. The lowest BCUT2D eigenvalue weighted by Crippen LogP contribution is -2.36. The summed E-state index contributed by atoms with van der Waals surface area (Å²) in [4.78, 5) is 17.6. The average Bonchev–Trinajstić information content (AvgIpc) is 3.35. The first-order chi connectivity index (χ1) is 17.4. The van der Waals surface area contributed by atoms with Crippen LogP contribution in [-0.2, 0) is 6.54 Å². The van der Waals surface area contributed by atoms with E-state index in [1.54, 1.807) is 41.6 Å². The topological polar surface area (TPSA) is 35.6 Å². The highest BCUT2D eigenvalue weighted by Crippen LogP contribution is 2.40. The second kappa shape index (κ2) is 12.2. The van der Waals surface area contributed by atoms with Gasteiger partial charge in [0.15, 0.2) is 0 Å². The molecule has 6 heteroatoms. The molecular formula is C30H39ClFN3O. The number of carbonyl (C=O) groups excluding carboxylic acids is 1. The number of benzene rings is 2. The number of halogens is 2. The molecule has 2 aliphatic rings. The van der Waals surface area contributed by atoms with Crippen LogP contribution in [0.5, 0.6) is 0 Å². The Balaban J connectivity index is 1.41. The minimum absolute atomic E-state index is 0.276. The molecule has 0 aliphatic heterocycles. The van der Waals surface area contributed by atoms with Crippen LogP contribution in [0.15, 0.2) is 47.7 Å². The number of anilines is 1. The minimum atomic E-state index is -0.344. The number of carbonyl (C=O) groups is 1. The number of nitrogens with one attached hydrogen (secondary N) is 1. The van der Waals surface area contributed by atoms with E-state index in [1.165, 1.54) is 51.0 Å². The first-order valence-corrected chi connectivity index (χ1v) is 13.7. The van der Waals surface area contributed by atoms with Gasteiger partial charge in [-0.25, -0.2) is 4.39 Å². The Bertz CT molecular complexity index is 1090. The highest BCUT2D eigenvalue weighted by molar-refractivity contribution is 6.30. The van der Waals surface area contributed by atoms with Gasteiger partial charge in [-0.1, -0.05) is 30.0 Å². The van der Waals surface area contributed by atoms with E-state index in [0.29, 0.717) is 22.8 Å². The van der Waals surface area contributed by atoms with Crippen molar-refractivity contribution in [3.8, 4) is 0 Å². The van der Waals surface area contributed by atoms with Crippen molar-refractivity contribution in [2.75, 3.05) is 32.0 Å². The quantitative estimate of drug-likeness (QED) is 0.360. The van der Waals surface area contributed by atoms with E-state index in [2.05, 4.69) is 29.1 Å². The Morgan fingerprint density at radius 2 is 1.78 bits per heavy atom. The lowest BCUT2D eigenvalue weighted by molar-refractivity contribution is 0.102. The van der Waals surface area contributed by atoms with E-state index < -0.39 is 0 Å². The predicted molar refractivity (Wildman–Crippen MR) is 147 cm³/mol. The average molecular weight is 512 g/mol. The van der Waals surface area contributed by atoms with Crippen LogP contribution in [0.3, 0.4) is 0 Å². The summed E-state index contributed by atoms with van der Waals surface area (Å²) in [6, 6.07) is 9.66. The van der Waals surface area contributed by atoms with Gasteiger partial charge < -0.3 is 15.1 Å². The second-order valence-electron chi connectivity index (χ2n) is 10.3. The van der Waals surface area contributed by atoms with Gasteiger partial charge in [-0.15, -0.1) is 0 Å². The molecule has 2 fully saturated rings. The maximum absolute atomic E-state index is 14.5. The normalized spacial score (nSPS) is 15.8. The Hall–Kier alpha value is -2.37. The van der Waals surface area contributed by atoms with Gasteiger partial charge >= 0.3 is 0 Å². The molecule has 2 aliphatic carbocycles. The van der Waals surface area contributed by atoms with Crippen molar-refractivity contribution in [3.63, 3.8) is 0 Å². The van der Waals surface area contributed by atoms with Gasteiger partial charge in [0, 0.05) is 48.1 Å². The first-order valence-electron chi connectivity index (χ1n) is 13.4. The van der Waals surface area contributed by atoms with E-state index in [9.17, 15) is 9.18 Å². The molecule has 4 rings (SSSR count). The standard InChI is InChI=1S/C30H39ClFN3O/c1-4-35(29(23-10-7-11-23)22-8-5-6-9-22)17-16-34(3)20-25-18-27(32)19-28(21(25)2)33-30(36)24-12-14-26(31)15-13-24/h12-15,18-19,22H,4-11,16-17,20H2,1-3H3,(H,33,36). The Morgan fingerprint density at radius 3 is 2.39 bits per heavy atom. The van der Waals surface area contributed by atoms with Crippen molar-refractivity contribution in [1.29, 1.82) is 0 Å². The van der Waals surface area contributed by atoms with E-state index in [-0.39, 0.29) is 11.7 Å². The zero-order valence-corrected chi connectivity index (χ0v) is 22.6. The maximum Gasteiger partial charge on any atom is 0.255 e. The SMILES string of the molecule is CCN(CCN(C)Cc1cc(F)cc(NC(=O)c2ccc(Cl)cc2)c1C)C(=C1CCC1)C1CCCC1. The molecule has 194 valence electrons. The van der Waals surface area contributed by atoms with Crippen LogP contribution in [0.2, 0.25) is 5.02 Å². The van der Waals surface area contributed by atoms with Crippen molar-refractivity contribution in [2.24, 2.45) is 5.92 Å². The fraction of sp³-hybridized carbons (Fsp3) is 0.500. The number of hydrogen-bond donors (Lipinski definition) is 1. The van der Waals surface area contributed by atoms with Gasteiger partial charge in [-0.3, -0.25) is 4.79 Å². The number of nitrogens with zero attached hydrogens (tertiary/aromatic N) is 2. The van der Waals surface area contributed by atoms with Gasteiger partial charge in [0.1, 0.15) is 5.82 Å². The van der Waals surface area contributed by atoms with Crippen molar-refractivity contribution < 1.29 is 9.18 Å². The van der Waals surface area contributed by atoms with Crippen LogP contribution >= 0.6 is 11.6 Å². The molecule has 0 saturated heterocycles. The third-order valence-electron chi connectivity index (χ3n) is 7.81. The van der Waals surface area contributed by atoms with E-state index >= 15 is 0 Å². The maximum atomic E-state index is 14.5. The molecular weight excluding hydrogens is 473 g/mol. The summed E-state index contributed by atoms with van der Waals surface area (Å²) in [6.45, 7) is 7.75. The summed E-state index contributed by atoms with van der Waals surface area (Å²) in [5, 5.41) is 3.45. The molecule has 0 atom stereocenters. The zero-order chi connectivity index (χ0) is 25.7. The van der Waals surface area contributed by atoms with Gasteiger partial charge in [0.2, 0.25) is 0 Å². The van der Waals surface area contributed by atoms with E-state index in [0.717, 1.165) is 36.7 Å². The molecule has 0 aromatic heterocycles. The summed E-state index contributed by atoms with van der Waals surface area (Å²) >= 11 is 5.93. The van der Waals surface area contributed by atoms with Gasteiger partial charge in [-0.2, -0.15) is 0 Å². The third kappa shape index (κ3) is 6.49. The van der Waals surface area contributed by atoms with E-state index in [4.69, 9.17) is 11.6 Å². The fourth-order valence-electron chi connectivity index (χ4n) is 5.51. The highest BCUT2D eigenvalue weighted by atomic mass is 35.5. The zero-order valence-electron chi connectivity index (χ0n) is 21.9. The van der Waals surface area contributed by atoms with Gasteiger partial charge in [0.25, 0.3) is 5.91 Å². The first kappa shape index (κ1) is 26.7. The summed E-state index contributed by atoms with van der Waals surface area (Å²) in [6.07, 6.45) is 9.24. The molecule has 36 heavy (non-hydrogen) atoms. The number of likely N-dealkylation sites (N-methyl/N-ethyl adjacent to an activating group) is 2. The predicted octanol–water partition coefficient (Wildman–Crippen LogP) is 7.42. The smallest absolute Gasteiger partial charge is 0.255 e. The van der Waals surface area contributed by atoms with Crippen LogP contribution < -0.4 is 5.32 Å². The lowest BCUT2D eigenvalue weighted by Gasteiger charge is -2.36. The summed E-state index contributed by atoms with van der Waals surface area (Å²) < 4.78 is 14.5. The molecule has 2 saturated carbocycles. The fourth-order valence-corrected chi connectivity index (χ4v) is 5.64. The number of allylic oxidation sites excluding steroid dienone is 2. The van der Waals surface area contributed by atoms with Crippen molar-refractivity contribution in [2.45, 2.75) is 65.3 Å². The van der Waals surface area contributed by atoms with Crippen molar-refractivity contribution in [3.05, 3.63) is 75.2 Å². The second-order valence-corrected chi connectivity index (χ2v) is 10.8. The number of rotatable bonds is 10. The summed E-state index contributed by atoms with van der Waals surface area (Å²) in [5.74, 6) is 0.119. The Morgan fingerprint density at radius 1 is 1.08 bits per heavy atom. The molecule has 4 nitrogen and oxygen atoms in total. The van der Waals surface area contributed by atoms with Crippen LogP contribution in [0.1, 0.15) is 73.4 Å². The van der Waals surface area contributed by atoms with Crippen LogP contribution in [0, 0.1) is 18.7 Å².